The molecule has 286 valence electrons. The number of benzene rings is 9. The summed E-state index contributed by atoms with van der Waals surface area (Å²) in [5, 5.41) is 2.54. The van der Waals surface area contributed by atoms with Gasteiger partial charge in [0, 0.05) is 36.9 Å². The fraction of sp³-hybridized carbons (Fsp3) is 0. The minimum absolute atomic E-state index is 0.626. The lowest BCUT2D eigenvalue weighted by Crippen LogP contribution is -2.00. The van der Waals surface area contributed by atoms with E-state index in [1.54, 1.807) is 0 Å². The number of nitrogens with zero attached hydrogens (tertiary/aromatic N) is 3. The van der Waals surface area contributed by atoms with Gasteiger partial charge in [-0.2, -0.15) is 0 Å². The summed E-state index contributed by atoms with van der Waals surface area (Å²) in [6.07, 6.45) is 0. The molecule has 0 spiro atoms. The SMILES string of the molecule is c1ccc(-c2ccc(-c3nc(-c4ccc(-c5ccccc5)cc4)nc(-c4cccc(-c5ccc(-c6ccccc6)c6c5sc5c(-c7ccccc7)cccc56)c4)n3)cc2)cc1. The number of hydrogen-bond donors (Lipinski definition) is 0. The molecule has 0 saturated heterocycles. The van der Waals surface area contributed by atoms with Gasteiger partial charge in [0.05, 0.1) is 0 Å². The van der Waals surface area contributed by atoms with Crippen LogP contribution in [0.15, 0.2) is 224 Å². The molecule has 9 aromatic carbocycles. The number of hydrogen-bond acceptors (Lipinski definition) is 4. The molecule has 0 fully saturated rings. The van der Waals surface area contributed by atoms with Crippen molar-refractivity contribution in [3.8, 4) is 89.8 Å². The molecule has 0 radical (unpaired) electrons. The lowest BCUT2D eigenvalue weighted by atomic mass is 9.93. The van der Waals surface area contributed by atoms with E-state index in [9.17, 15) is 0 Å². The summed E-state index contributed by atoms with van der Waals surface area (Å²) in [6.45, 7) is 0. The number of fused-ring (bicyclic) bond motifs is 3. The van der Waals surface area contributed by atoms with E-state index in [1.807, 2.05) is 23.5 Å². The summed E-state index contributed by atoms with van der Waals surface area (Å²) in [5.41, 5.74) is 14.6. The van der Waals surface area contributed by atoms with E-state index in [4.69, 9.17) is 15.0 Å². The van der Waals surface area contributed by atoms with Crippen LogP contribution in [-0.4, -0.2) is 15.0 Å². The van der Waals surface area contributed by atoms with Gasteiger partial charge in [0.2, 0.25) is 0 Å². The number of aromatic nitrogens is 3. The van der Waals surface area contributed by atoms with Gasteiger partial charge in [-0.1, -0.05) is 218 Å². The second kappa shape index (κ2) is 15.8. The highest BCUT2D eigenvalue weighted by Gasteiger charge is 2.19. The molecule has 61 heavy (non-hydrogen) atoms. The number of thiophene rings is 1. The topological polar surface area (TPSA) is 38.7 Å². The van der Waals surface area contributed by atoms with Crippen molar-refractivity contribution in [1.82, 2.24) is 15.0 Å². The van der Waals surface area contributed by atoms with Crippen molar-refractivity contribution in [1.29, 1.82) is 0 Å². The lowest BCUT2D eigenvalue weighted by Gasteiger charge is -2.12. The standard InChI is InChI=1S/C57H37N3S/c1-5-15-38(16-6-1)40-27-31-44(32-28-40)55-58-56(45-33-29-41(30-34-45)39-17-7-2-8-18-39)60-57(59-55)47-24-13-23-46(37-47)50-36-35-48(42-19-9-3-10-20-42)52-51-26-14-25-49(53(51)61-54(50)52)43-21-11-4-12-22-43/h1-37H. The summed E-state index contributed by atoms with van der Waals surface area (Å²) >= 11 is 1.87. The zero-order valence-corrected chi connectivity index (χ0v) is 33.9. The van der Waals surface area contributed by atoms with Crippen LogP contribution in [0.5, 0.6) is 0 Å². The van der Waals surface area contributed by atoms with Crippen LogP contribution in [0.1, 0.15) is 0 Å². The average molecular weight is 796 g/mol. The van der Waals surface area contributed by atoms with E-state index in [2.05, 4.69) is 212 Å². The van der Waals surface area contributed by atoms with Gasteiger partial charge < -0.3 is 0 Å². The Morgan fingerprint density at radius 3 is 1.16 bits per heavy atom. The Bertz CT molecular complexity index is 3210. The molecule has 0 saturated carbocycles. The van der Waals surface area contributed by atoms with E-state index in [-0.39, 0.29) is 0 Å². The third-order valence-corrected chi connectivity index (χ3v) is 12.7. The molecule has 3 nitrogen and oxygen atoms in total. The number of rotatable bonds is 8. The van der Waals surface area contributed by atoms with Gasteiger partial charge >= 0.3 is 0 Å². The second-order valence-corrected chi connectivity index (χ2v) is 16.2. The molecule has 0 unspecified atom stereocenters. The zero-order valence-electron chi connectivity index (χ0n) is 33.1. The molecule has 0 aliphatic carbocycles. The molecular weight excluding hydrogens is 759 g/mol. The van der Waals surface area contributed by atoms with E-state index in [0.29, 0.717) is 17.5 Å². The molecule has 2 aromatic heterocycles. The van der Waals surface area contributed by atoms with Gasteiger partial charge in [-0.05, 0) is 61.7 Å². The predicted octanol–water partition coefficient (Wildman–Crippen LogP) is 15.6. The van der Waals surface area contributed by atoms with Gasteiger partial charge in [0.25, 0.3) is 0 Å². The highest BCUT2D eigenvalue weighted by molar-refractivity contribution is 7.27. The van der Waals surface area contributed by atoms with Crippen molar-refractivity contribution in [2.45, 2.75) is 0 Å². The van der Waals surface area contributed by atoms with Crippen LogP contribution in [0.2, 0.25) is 0 Å². The van der Waals surface area contributed by atoms with Gasteiger partial charge in [-0.15, -0.1) is 11.3 Å². The minimum atomic E-state index is 0.626. The van der Waals surface area contributed by atoms with Gasteiger partial charge in [-0.25, -0.2) is 15.0 Å². The first-order chi connectivity index (χ1) is 30.2. The minimum Gasteiger partial charge on any atom is -0.208 e. The van der Waals surface area contributed by atoms with Gasteiger partial charge in [-0.3, -0.25) is 0 Å². The normalized spacial score (nSPS) is 11.3. The third kappa shape index (κ3) is 6.99. The molecule has 0 aliphatic rings. The Balaban J connectivity index is 1.06. The van der Waals surface area contributed by atoms with Crippen molar-refractivity contribution in [3.05, 3.63) is 224 Å². The first-order valence-corrected chi connectivity index (χ1v) is 21.3. The molecule has 2 heterocycles. The highest BCUT2D eigenvalue weighted by Crippen LogP contribution is 2.48. The molecule has 0 bridgehead atoms. The molecule has 0 atom stereocenters. The summed E-state index contributed by atoms with van der Waals surface area (Å²) in [6, 6.07) is 79.3. The summed E-state index contributed by atoms with van der Waals surface area (Å²) in [5.74, 6) is 1.88. The van der Waals surface area contributed by atoms with E-state index in [1.165, 1.54) is 59.1 Å². The summed E-state index contributed by atoms with van der Waals surface area (Å²) in [7, 11) is 0. The lowest BCUT2D eigenvalue weighted by molar-refractivity contribution is 1.07. The maximum atomic E-state index is 5.18. The molecule has 11 rings (SSSR count). The molecule has 4 heteroatoms. The maximum Gasteiger partial charge on any atom is 0.164 e. The summed E-state index contributed by atoms with van der Waals surface area (Å²) in [4.78, 5) is 15.5. The van der Waals surface area contributed by atoms with Crippen molar-refractivity contribution in [2.75, 3.05) is 0 Å². The van der Waals surface area contributed by atoms with Crippen molar-refractivity contribution in [3.63, 3.8) is 0 Å². The van der Waals surface area contributed by atoms with Crippen LogP contribution in [-0.2, 0) is 0 Å². The summed E-state index contributed by atoms with van der Waals surface area (Å²) < 4.78 is 2.54. The van der Waals surface area contributed by atoms with Gasteiger partial charge in [0.15, 0.2) is 17.5 Å². The van der Waals surface area contributed by atoms with Gasteiger partial charge in [0.1, 0.15) is 0 Å². The zero-order chi connectivity index (χ0) is 40.5. The van der Waals surface area contributed by atoms with Crippen LogP contribution in [0.3, 0.4) is 0 Å². The highest BCUT2D eigenvalue weighted by atomic mass is 32.1. The molecule has 0 N–H and O–H groups in total. The average Bonchev–Trinajstić information content (AvgIpc) is 3.75. The Morgan fingerprint density at radius 2 is 0.623 bits per heavy atom. The molecular formula is C57H37N3S. The molecule has 0 aliphatic heterocycles. The van der Waals surface area contributed by atoms with Crippen molar-refractivity contribution >= 4 is 31.5 Å². The second-order valence-electron chi connectivity index (χ2n) is 15.2. The first-order valence-electron chi connectivity index (χ1n) is 20.5. The van der Waals surface area contributed by atoms with Crippen LogP contribution in [0, 0.1) is 0 Å². The fourth-order valence-electron chi connectivity index (χ4n) is 8.31. The van der Waals surface area contributed by atoms with Crippen molar-refractivity contribution < 1.29 is 0 Å². The monoisotopic (exact) mass is 795 g/mol. The Kier molecular flexibility index (Phi) is 9.38. The van der Waals surface area contributed by atoms with E-state index >= 15 is 0 Å². The first kappa shape index (κ1) is 36.3. The maximum absolute atomic E-state index is 5.18. The van der Waals surface area contributed by atoms with E-state index < -0.39 is 0 Å². The molecule has 11 aromatic rings. The largest absolute Gasteiger partial charge is 0.208 e. The fourth-order valence-corrected chi connectivity index (χ4v) is 9.70. The predicted molar refractivity (Wildman–Crippen MR) is 256 cm³/mol. The van der Waals surface area contributed by atoms with Crippen LogP contribution >= 0.6 is 11.3 Å². The van der Waals surface area contributed by atoms with Crippen LogP contribution < -0.4 is 0 Å². The van der Waals surface area contributed by atoms with Crippen molar-refractivity contribution in [2.24, 2.45) is 0 Å². The molecule has 0 amide bonds. The Hall–Kier alpha value is -7.79. The van der Waals surface area contributed by atoms with Crippen LogP contribution in [0.25, 0.3) is 110 Å². The third-order valence-electron chi connectivity index (χ3n) is 11.4. The Labute approximate surface area is 359 Å². The quantitative estimate of drug-likeness (QED) is 0.154. The Morgan fingerprint density at radius 1 is 0.246 bits per heavy atom. The smallest absolute Gasteiger partial charge is 0.164 e. The van der Waals surface area contributed by atoms with E-state index in [0.717, 1.165) is 33.4 Å². The van der Waals surface area contributed by atoms with Crippen LogP contribution in [0.4, 0.5) is 0 Å².